The molecule has 0 atom stereocenters. The van der Waals surface area contributed by atoms with Crippen molar-refractivity contribution in [3.05, 3.63) is 66.8 Å². The van der Waals surface area contributed by atoms with E-state index in [1.54, 1.807) is 6.20 Å². The van der Waals surface area contributed by atoms with Gasteiger partial charge in [-0.25, -0.2) is 4.98 Å². The lowest BCUT2D eigenvalue weighted by Crippen LogP contribution is -2.38. The van der Waals surface area contributed by atoms with Crippen LogP contribution in [0.4, 0.5) is 17.8 Å². The van der Waals surface area contributed by atoms with Crippen LogP contribution in [0.1, 0.15) is 43.4 Å². The molecular formula is C27H35N9. The Balaban J connectivity index is 1.36. The molecule has 0 bridgehead atoms. The van der Waals surface area contributed by atoms with Gasteiger partial charge in [0.1, 0.15) is 5.65 Å². The lowest BCUT2D eigenvalue weighted by molar-refractivity contribution is 0.417. The fraction of sp³-hybridized carbons (Fsp3) is 0.407. The number of fused-ring (bicyclic) bond motifs is 1. The van der Waals surface area contributed by atoms with Gasteiger partial charge >= 0.3 is 0 Å². The van der Waals surface area contributed by atoms with E-state index in [1.165, 1.54) is 24.8 Å². The van der Waals surface area contributed by atoms with Crippen molar-refractivity contribution in [2.24, 2.45) is 7.05 Å². The predicted octanol–water partition coefficient (Wildman–Crippen LogP) is 4.68. The lowest BCUT2D eigenvalue weighted by atomic mass is 9.94. The zero-order chi connectivity index (χ0) is 24.7. The molecule has 0 unspecified atom stereocenters. The van der Waals surface area contributed by atoms with Gasteiger partial charge in [0.05, 0.1) is 6.54 Å². The number of aromatic nitrogens is 6. The monoisotopic (exact) mass is 485 g/mol. The first-order valence-electron chi connectivity index (χ1n) is 12.8. The van der Waals surface area contributed by atoms with E-state index in [-0.39, 0.29) is 0 Å². The molecule has 4 heterocycles. The van der Waals surface area contributed by atoms with Crippen molar-refractivity contribution in [2.75, 3.05) is 28.6 Å². The minimum atomic E-state index is 0.423. The highest BCUT2D eigenvalue weighted by Gasteiger charge is 2.24. The molecule has 3 N–H and O–H groups in total. The molecule has 4 aromatic heterocycles. The molecule has 188 valence electrons. The molecule has 5 rings (SSSR count). The van der Waals surface area contributed by atoms with Crippen molar-refractivity contribution in [2.45, 2.75) is 51.1 Å². The van der Waals surface area contributed by atoms with E-state index in [0.29, 0.717) is 43.5 Å². The molecule has 9 nitrogen and oxygen atoms in total. The van der Waals surface area contributed by atoms with Crippen molar-refractivity contribution in [3.8, 4) is 0 Å². The minimum absolute atomic E-state index is 0.423. The number of hydrogen-bond donors (Lipinski definition) is 3. The third kappa shape index (κ3) is 5.50. The largest absolute Gasteiger partial charge is 0.354 e. The number of aromatic amines is 1. The molecule has 0 amide bonds. The first-order chi connectivity index (χ1) is 17.7. The summed E-state index contributed by atoms with van der Waals surface area (Å²) in [6, 6.07) is 8.62. The second-order valence-corrected chi connectivity index (χ2v) is 9.37. The Morgan fingerprint density at radius 3 is 2.72 bits per heavy atom. The average molecular weight is 486 g/mol. The third-order valence-electron chi connectivity index (χ3n) is 6.91. The summed E-state index contributed by atoms with van der Waals surface area (Å²) in [5, 5.41) is 7.99. The summed E-state index contributed by atoms with van der Waals surface area (Å²) in [4.78, 5) is 24.3. The van der Waals surface area contributed by atoms with Crippen LogP contribution in [0.5, 0.6) is 0 Å². The number of H-pyrrole nitrogens is 1. The first-order valence-corrected chi connectivity index (χ1v) is 12.8. The van der Waals surface area contributed by atoms with E-state index in [1.807, 2.05) is 37.7 Å². The minimum Gasteiger partial charge on any atom is -0.354 e. The Bertz CT molecular complexity index is 1290. The maximum Gasteiger partial charge on any atom is 0.232 e. The van der Waals surface area contributed by atoms with Crippen LogP contribution in [-0.2, 0) is 20.0 Å². The molecule has 0 aromatic carbocycles. The molecule has 4 aromatic rings. The van der Waals surface area contributed by atoms with Crippen molar-refractivity contribution in [1.29, 1.82) is 0 Å². The molecule has 36 heavy (non-hydrogen) atoms. The van der Waals surface area contributed by atoms with Gasteiger partial charge in [-0.3, -0.25) is 0 Å². The summed E-state index contributed by atoms with van der Waals surface area (Å²) < 4.78 is 2.09. The molecular weight excluding hydrogens is 450 g/mol. The van der Waals surface area contributed by atoms with E-state index in [0.717, 1.165) is 36.0 Å². The van der Waals surface area contributed by atoms with Gasteiger partial charge in [0.25, 0.3) is 0 Å². The second-order valence-electron chi connectivity index (χ2n) is 9.37. The van der Waals surface area contributed by atoms with Gasteiger partial charge in [0.15, 0.2) is 0 Å². The standard InChI is InChI=1S/C27H35N9/c1-3-16-36(21-9-5-4-6-10-21)27-33-25(32-26(34-27)31-19-22-11-8-17-35(22)2)29-15-13-20-18-30-24-23(20)12-7-14-28-24/h3,7-8,11-12,14,17-18,21H,1,4-6,9-10,13,15-16,19H2,2H3,(H,28,30)(H2,29,31,32,33,34). The van der Waals surface area contributed by atoms with Crippen molar-refractivity contribution in [1.82, 2.24) is 29.5 Å². The fourth-order valence-electron chi connectivity index (χ4n) is 4.96. The number of hydrogen-bond acceptors (Lipinski definition) is 7. The zero-order valence-electron chi connectivity index (χ0n) is 21.0. The molecule has 1 aliphatic rings. The van der Waals surface area contributed by atoms with Gasteiger partial charge in [-0.1, -0.05) is 25.3 Å². The van der Waals surface area contributed by atoms with Crippen molar-refractivity contribution >= 4 is 28.9 Å². The maximum atomic E-state index is 4.85. The van der Waals surface area contributed by atoms with Crippen LogP contribution in [0.25, 0.3) is 11.0 Å². The number of nitrogens with one attached hydrogen (secondary N) is 3. The van der Waals surface area contributed by atoms with Gasteiger partial charge in [-0.2, -0.15) is 15.0 Å². The normalized spacial score (nSPS) is 14.1. The Kier molecular flexibility index (Phi) is 7.44. The summed E-state index contributed by atoms with van der Waals surface area (Å²) in [7, 11) is 2.04. The van der Waals surface area contributed by atoms with Gasteiger partial charge in [-0.05, 0) is 49.1 Å². The van der Waals surface area contributed by atoms with Crippen LogP contribution < -0.4 is 15.5 Å². The van der Waals surface area contributed by atoms with E-state index in [4.69, 9.17) is 15.0 Å². The van der Waals surface area contributed by atoms with Gasteiger partial charge in [-0.15, -0.1) is 6.58 Å². The van der Waals surface area contributed by atoms with Crippen LogP contribution in [0, 0.1) is 0 Å². The lowest BCUT2D eigenvalue weighted by Gasteiger charge is -2.33. The Morgan fingerprint density at radius 1 is 1.11 bits per heavy atom. The van der Waals surface area contributed by atoms with Crippen LogP contribution in [0.3, 0.4) is 0 Å². The highest BCUT2D eigenvalue weighted by molar-refractivity contribution is 5.79. The van der Waals surface area contributed by atoms with E-state index in [2.05, 4.69) is 48.8 Å². The predicted molar refractivity (Wildman–Crippen MR) is 145 cm³/mol. The second kappa shape index (κ2) is 11.2. The smallest absolute Gasteiger partial charge is 0.232 e. The fourth-order valence-corrected chi connectivity index (χ4v) is 4.96. The number of nitrogens with zero attached hydrogens (tertiary/aromatic N) is 6. The Morgan fingerprint density at radius 2 is 1.94 bits per heavy atom. The molecule has 1 saturated carbocycles. The van der Waals surface area contributed by atoms with E-state index in [9.17, 15) is 0 Å². The molecule has 0 spiro atoms. The van der Waals surface area contributed by atoms with Crippen LogP contribution in [0.15, 0.2) is 55.5 Å². The van der Waals surface area contributed by atoms with Crippen LogP contribution in [0.2, 0.25) is 0 Å². The van der Waals surface area contributed by atoms with Crippen LogP contribution in [-0.4, -0.2) is 48.6 Å². The average Bonchev–Trinajstić information content (AvgIpc) is 3.52. The van der Waals surface area contributed by atoms with Crippen molar-refractivity contribution < 1.29 is 0 Å². The quantitative estimate of drug-likeness (QED) is 0.265. The first kappa shape index (κ1) is 23.8. The number of rotatable bonds is 11. The Labute approximate surface area is 212 Å². The van der Waals surface area contributed by atoms with Gasteiger partial charge < -0.3 is 25.1 Å². The summed E-state index contributed by atoms with van der Waals surface area (Å²) in [5.41, 5.74) is 3.29. The molecule has 0 aliphatic heterocycles. The van der Waals surface area contributed by atoms with Crippen LogP contribution >= 0.6 is 0 Å². The third-order valence-corrected chi connectivity index (χ3v) is 6.91. The van der Waals surface area contributed by atoms with Gasteiger partial charge in [0.2, 0.25) is 17.8 Å². The summed E-state index contributed by atoms with van der Waals surface area (Å²) in [6.45, 7) is 6.05. The molecule has 1 fully saturated rings. The maximum absolute atomic E-state index is 4.85. The highest BCUT2D eigenvalue weighted by Crippen LogP contribution is 2.26. The molecule has 9 heteroatoms. The Hall–Kier alpha value is -3.88. The summed E-state index contributed by atoms with van der Waals surface area (Å²) in [5.74, 6) is 1.85. The summed E-state index contributed by atoms with van der Waals surface area (Å²) in [6.07, 6.45) is 14.7. The molecule has 1 aliphatic carbocycles. The van der Waals surface area contributed by atoms with Gasteiger partial charge in [0, 0.05) is 55.8 Å². The van der Waals surface area contributed by atoms with Crippen molar-refractivity contribution in [3.63, 3.8) is 0 Å². The van der Waals surface area contributed by atoms with E-state index < -0.39 is 0 Å². The number of anilines is 3. The number of pyridine rings is 1. The number of aryl methyl sites for hydroxylation is 1. The zero-order valence-corrected chi connectivity index (χ0v) is 21.0. The molecule has 0 saturated heterocycles. The summed E-state index contributed by atoms with van der Waals surface area (Å²) >= 11 is 0. The topological polar surface area (TPSA) is 99.6 Å². The van der Waals surface area contributed by atoms with E-state index >= 15 is 0 Å². The highest BCUT2D eigenvalue weighted by atomic mass is 15.3. The SMILES string of the molecule is C=CCN(c1nc(NCCc2c[nH]c3ncccc23)nc(NCc2cccn2C)n1)C1CCCCC1. The molecule has 0 radical (unpaired) electrons.